The summed E-state index contributed by atoms with van der Waals surface area (Å²) in [5, 5.41) is 8.68. The fraction of sp³-hybridized carbons (Fsp3) is 0. The lowest BCUT2D eigenvalue weighted by Crippen LogP contribution is -1.97. The van der Waals surface area contributed by atoms with E-state index in [-0.39, 0.29) is 0 Å². The van der Waals surface area contributed by atoms with Crippen LogP contribution in [0, 0.1) is 0 Å². The maximum absolute atomic E-state index is 4.93. The number of hydrogen-bond donors (Lipinski definition) is 0. The third-order valence-corrected chi connectivity index (χ3v) is 9.29. The average molecular weight is 528 g/mol. The van der Waals surface area contributed by atoms with Crippen LogP contribution in [0.25, 0.3) is 80.5 Å². The smallest absolute Gasteiger partial charge is 0.0888 e. The van der Waals surface area contributed by atoms with Crippen molar-refractivity contribution in [1.82, 2.24) is 14.5 Å². The van der Waals surface area contributed by atoms with Gasteiger partial charge in [-0.1, -0.05) is 78.9 Å². The van der Waals surface area contributed by atoms with Gasteiger partial charge in [-0.15, -0.1) is 11.3 Å². The minimum atomic E-state index is 1.07. The van der Waals surface area contributed by atoms with E-state index in [1.54, 1.807) is 0 Å². The van der Waals surface area contributed by atoms with Gasteiger partial charge in [-0.2, -0.15) is 0 Å². The molecule has 4 heteroatoms. The van der Waals surface area contributed by atoms with E-state index >= 15 is 0 Å². The van der Waals surface area contributed by atoms with Crippen LogP contribution in [0.4, 0.5) is 0 Å². The number of thiophene rings is 1. The molecule has 0 saturated heterocycles. The lowest BCUT2D eigenvalue weighted by atomic mass is 9.98. The summed E-state index contributed by atoms with van der Waals surface area (Å²) in [5.41, 5.74) is 7.00. The molecule has 9 aromatic rings. The van der Waals surface area contributed by atoms with Crippen LogP contribution in [0.2, 0.25) is 0 Å². The van der Waals surface area contributed by atoms with Gasteiger partial charge in [0.05, 0.1) is 26.9 Å². The Bertz CT molecular complexity index is 2430. The Hall–Kier alpha value is -5.06. The molecule has 4 heterocycles. The first-order chi connectivity index (χ1) is 19.9. The molecule has 0 fully saturated rings. The molecule has 0 N–H and O–H groups in total. The Morgan fingerprint density at radius 1 is 0.575 bits per heavy atom. The van der Waals surface area contributed by atoms with E-state index in [0.29, 0.717) is 0 Å². The molecule has 0 spiro atoms. The first-order valence-electron chi connectivity index (χ1n) is 13.4. The van der Waals surface area contributed by atoms with E-state index in [1.807, 2.05) is 36.0 Å². The van der Waals surface area contributed by atoms with Crippen molar-refractivity contribution in [1.29, 1.82) is 0 Å². The number of nitrogens with zero attached hydrogens (tertiary/aromatic N) is 3. The number of benzene rings is 5. The first kappa shape index (κ1) is 21.8. The van der Waals surface area contributed by atoms with Crippen LogP contribution in [-0.4, -0.2) is 14.5 Å². The van der Waals surface area contributed by atoms with Crippen LogP contribution >= 0.6 is 11.3 Å². The third-order valence-electron chi connectivity index (χ3n) is 8.11. The summed E-state index contributed by atoms with van der Waals surface area (Å²) in [7, 11) is 0. The minimum absolute atomic E-state index is 1.07. The Morgan fingerprint density at radius 3 is 2.20 bits per heavy atom. The molecule has 0 atom stereocenters. The van der Waals surface area contributed by atoms with Gasteiger partial charge in [-0.25, -0.2) is 0 Å². The average Bonchev–Trinajstić information content (AvgIpc) is 3.58. The third kappa shape index (κ3) is 2.88. The molecule has 0 radical (unpaired) electrons. The summed E-state index contributed by atoms with van der Waals surface area (Å²) in [6.45, 7) is 0. The van der Waals surface area contributed by atoms with Crippen molar-refractivity contribution in [2.24, 2.45) is 0 Å². The monoisotopic (exact) mass is 527 g/mol. The van der Waals surface area contributed by atoms with Gasteiger partial charge >= 0.3 is 0 Å². The van der Waals surface area contributed by atoms with E-state index in [1.165, 1.54) is 69.4 Å². The summed E-state index contributed by atoms with van der Waals surface area (Å²) in [4.78, 5) is 9.33. The molecule has 0 bridgehead atoms. The van der Waals surface area contributed by atoms with Crippen molar-refractivity contribution in [2.45, 2.75) is 0 Å². The summed E-state index contributed by atoms with van der Waals surface area (Å²) in [6, 6.07) is 39.3. The minimum Gasteiger partial charge on any atom is -0.308 e. The molecule has 186 valence electrons. The fourth-order valence-corrected chi connectivity index (χ4v) is 7.70. The molecule has 0 saturated carbocycles. The summed E-state index contributed by atoms with van der Waals surface area (Å²) >= 11 is 1.84. The normalized spacial score (nSPS) is 12.0. The Kier molecular flexibility index (Phi) is 4.48. The largest absolute Gasteiger partial charge is 0.308 e. The molecular weight excluding hydrogens is 506 g/mol. The molecule has 5 aromatic carbocycles. The number of rotatable bonds is 2. The van der Waals surface area contributed by atoms with Crippen molar-refractivity contribution < 1.29 is 0 Å². The number of aromatic nitrogens is 3. The zero-order valence-electron chi connectivity index (χ0n) is 21.4. The van der Waals surface area contributed by atoms with Crippen LogP contribution in [-0.2, 0) is 0 Å². The topological polar surface area (TPSA) is 30.7 Å². The molecule has 0 aliphatic carbocycles. The van der Waals surface area contributed by atoms with E-state index in [9.17, 15) is 0 Å². The molecule has 40 heavy (non-hydrogen) atoms. The second kappa shape index (κ2) is 8.22. The van der Waals surface area contributed by atoms with Crippen molar-refractivity contribution in [3.63, 3.8) is 0 Å². The van der Waals surface area contributed by atoms with Crippen LogP contribution < -0.4 is 0 Å². The SMILES string of the molecule is c1cncc(-c2ccc(-n3c4ccccc4c4c5cccnc5c5sc6ccccc6c5c43)c3ccccc23)c1. The van der Waals surface area contributed by atoms with Gasteiger partial charge in [-0.05, 0) is 41.3 Å². The van der Waals surface area contributed by atoms with Crippen molar-refractivity contribution >= 4 is 75.0 Å². The zero-order chi connectivity index (χ0) is 26.2. The van der Waals surface area contributed by atoms with Crippen LogP contribution in [0.1, 0.15) is 0 Å². The van der Waals surface area contributed by atoms with Crippen LogP contribution in [0.15, 0.2) is 128 Å². The van der Waals surface area contributed by atoms with Crippen molar-refractivity contribution in [2.75, 3.05) is 0 Å². The summed E-state index contributed by atoms with van der Waals surface area (Å²) in [5.74, 6) is 0. The maximum Gasteiger partial charge on any atom is 0.0888 e. The molecule has 0 unspecified atom stereocenters. The van der Waals surface area contributed by atoms with Gasteiger partial charge in [0.1, 0.15) is 0 Å². The molecule has 9 rings (SSSR count). The van der Waals surface area contributed by atoms with Crippen molar-refractivity contribution in [3.05, 3.63) is 128 Å². The summed E-state index contributed by atoms with van der Waals surface area (Å²) < 4.78 is 5.02. The molecule has 0 aliphatic heterocycles. The quantitative estimate of drug-likeness (QED) is 0.224. The number of hydrogen-bond acceptors (Lipinski definition) is 3. The van der Waals surface area contributed by atoms with E-state index in [2.05, 4.69) is 113 Å². The second-order valence-electron chi connectivity index (χ2n) is 10.2. The van der Waals surface area contributed by atoms with E-state index in [4.69, 9.17) is 4.98 Å². The highest BCUT2D eigenvalue weighted by atomic mass is 32.1. The lowest BCUT2D eigenvalue weighted by Gasteiger charge is -2.15. The van der Waals surface area contributed by atoms with Crippen LogP contribution in [0.5, 0.6) is 0 Å². The Balaban J connectivity index is 1.54. The van der Waals surface area contributed by atoms with Gasteiger partial charge < -0.3 is 4.57 Å². The Labute approximate surface area is 233 Å². The standard InChI is InChI=1S/C36H21N3S/c1-2-11-25-24(10-1)23(22-9-7-19-37-21-22)17-18-30(25)39-29-15-5-3-12-26(29)32-28-14-8-20-38-34(28)36-33(35(32)39)27-13-4-6-16-31(27)40-36/h1-21H. The fourth-order valence-electron chi connectivity index (χ4n) is 6.49. The van der Waals surface area contributed by atoms with Gasteiger partial charge in [0, 0.05) is 61.2 Å². The summed E-state index contributed by atoms with van der Waals surface area (Å²) in [6.07, 6.45) is 5.69. The highest BCUT2D eigenvalue weighted by Gasteiger charge is 2.23. The van der Waals surface area contributed by atoms with Gasteiger partial charge in [0.25, 0.3) is 0 Å². The number of para-hydroxylation sites is 1. The Morgan fingerprint density at radius 2 is 1.32 bits per heavy atom. The zero-order valence-corrected chi connectivity index (χ0v) is 22.2. The number of pyridine rings is 2. The highest BCUT2D eigenvalue weighted by molar-refractivity contribution is 7.26. The highest BCUT2D eigenvalue weighted by Crippen LogP contribution is 2.48. The lowest BCUT2D eigenvalue weighted by molar-refractivity contribution is 1.21. The second-order valence-corrected chi connectivity index (χ2v) is 11.2. The maximum atomic E-state index is 4.93. The van der Waals surface area contributed by atoms with E-state index < -0.39 is 0 Å². The van der Waals surface area contributed by atoms with Gasteiger partial charge in [0.2, 0.25) is 0 Å². The molecule has 0 amide bonds. The number of fused-ring (bicyclic) bond motifs is 11. The molecule has 0 aliphatic rings. The molecular formula is C36H21N3S. The van der Waals surface area contributed by atoms with E-state index in [0.717, 1.165) is 11.1 Å². The van der Waals surface area contributed by atoms with Gasteiger partial charge in [-0.3, -0.25) is 9.97 Å². The molecule has 4 aromatic heterocycles. The van der Waals surface area contributed by atoms with Crippen LogP contribution in [0.3, 0.4) is 0 Å². The molecule has 3 nitrogen and oxygen atoms in total. The van der Waals surface area contributed by atoms with Gasteiger partial charge in [0.15, 0.2) is 0 Å². The predicted octanol–water partition coefficient (Wildman–Crippen LogP) is 9.91. The van der Waals surface area contributed by atoms with Crippen molar-refractivity contribution in [3.8, 4) is 16.8 Å². The predicted molar refractivity (Wildman–Crippen MR) is 170 cm³/mol. The first-order valence-corrected chi connectivity index (χ1v) is 14.2.